The van der Waals surface area contributed by atoms with Crippen LogP contribution in [0.1, 0.15) is 69.7 Å². The number of carbonyl (C=O) groups is 7. The third-order valence-corrected chi connectivity index (χ3v) is 8.17. The van der Waals surface area contributed by atoms with Crippen LogP contribution in [0.2, 0.25) is 0 Å². The van der Waals surface area contributed by atoms with Gasteiger partial charge in [0.1, 0.15) is 29.0 Å². The Kier molecular flexibility index (Phi) is 13.3. The Hall–Kier alpha value is -5.44. The SMILES string of the molecule is CC(C)(C)OC(=O)NNC(=O)c1ccc(NC(=O)[C@@H]2CCCN2C(=O)C(CS(=O)(=O)O)NC(=O)CCCCCN2C(=O)C=CC2=O)cc1[N+](=O)[O-]. The molecule has 0 saturated carbocycles. The van der Waals surface area contributed by atoms with Gasteiger partial charge in [-0.3, -0.25) is 53.8 Å². The van der Waals surface area contributed by atoms with Gasteiger partial charge in [0, 0.05) is 43.4 Å². The summed E-state index contributed by atoms with van der Waals surface area (Å²) in [5.74, 6) is -5.59. The van der Waals surface area contributed by atoms with Gasteiger partial charge in [-0.05, 0) is 58.6 Å². The van der Waals surface area contributed by atoms with Crippen LogP contribution in [0, 0.1) is 10.1 Å². The molecular weight excluding hydrogens is 698 g/mol. The summed E-state index contributed by atoms with van der Waals surface area (Å²) < 4.78 is 38.0. The Bertz CT molecular complexity index is 1700. The molecule has 1 aromatic carbocycles. The van der Waals surface area contributed by atoms with Crippen LogP contribution in [0.25, 0.3) is 0 Å². The van der Waals surface area contributed by atoms with Crippen LogP contribution in [0.4, 0.5) is 16.2 Å². The molecule has 1 saturated heterocycles. The molecule has 5 N–H and O–H groups in total. The summed E-state index contributed by atoms with van der Waals surface area (Å²) >= 11 is 0. The molecule has 1 unspecified atom stereocenters. The Morgan fingerprint density at radius 2 is 1.73 bits per heavy atom. The fourth-order valence-corrected chi connectivity index (χ4v) is 5.84. The highest BCUT2D eigenvalue weighted by Gasteiger charge is 2.39. The zero-order chi connectivity index (χ0) is 38.1. The summed E-state index contributed by atoms with van der Waals surface area (Å²) in [5.41, 5.74) is 1.76. The second-order valence-electron chi connectivity index (χ2n) is 12.6. The first kappa shape index (κ1) is 40.0. The summed E-state index contributed by atoms with van der Waals surface area (Å²) in [6, 6.07) is 0.148. The lowest BCUT2D eigenvalue weighted by Gasteiger charge is -2.28. The van der Waals surface area contributed by atoms with E-state index in [1.807, 2.05) is 10.9 Å². The Morgan fingerprint density at radius 3 is 2.33 bits per heavy atom. The van der Waals surface area contributed by atoms with Crippen LogP contribution in [0.15, 0.2) is 30.4 Å². The average Bonchev–Trinajstić information content (AvgIpc) is 3.64. The molecule has 0 radical (unpaired) electrons. The third-order valence-electron chi connectivity index (χ3n) is 7.42. The van der Waals surface area contributed by atoms with Crippen molar-refractivity contribution < 1.29 is 56.2 Å². The highest BCUT2D eigenvalue weighted by molar-refractivity contribution is 7.85. The first-order chi connectivity index (χ1) is 23.8. The van der Waals surface area contributed by atoms with Crippen LogP contribution in [0.3, 0.4) is 0 Å². The lowest BCUT2D eigenvalue weighted by atomic mass is 10.1. The summed E-state index contributed by atoms with van der Waals surface area (Å²) in [6.45, 7) is 4.89. The van der Waals surface area contributed by atoms with Crippen LogP contribution in [-0.4, -0.2) is 106 Å². The number of hydrogen-bond donors (Lipinski definition) is 5. The number of likely N-dealkylation sites (tertiary alicyclic amines) is 1. The quantitative estimate of drug-likeness (QED) is 0.0574. The van der Waals surface area contributed by atoms with E-state index in [1.165, 1.54) is 6.07 Å². The van der Waals surface area contributed by atoms with Crippen molar-refractivity contribution in [3.05, 3.63) is 46.0 Å². The van der Waals surface area contributed by atoms with Gasteiger partial charge in [-0.15, -0.1) is 0 Å². The van der Waals surface area contributed by atoms with Gasteiger partial charge < -0.3 is 20.3 Å². The van der Waals surface area contributed by atoms with E-state index in [0.29, 0.717) is 19.3 Å². The van der Waals surface area contributed by atoms with Crippen molar-refractivity contribution in [3.63, 3.8) is 0 Å². The van der Waals surface area contributed by atoms with Gasteiger partial charge in [0.2, 0.25) is 17.7 Å². The highest BCUT2D eigenvalue weighted by atomic mass is 32.2. The average molecular weight is 738 g/mol. The standard InChI is InChI=1S/C30H39N7O13S/c1-30(2,3)50-29(44)34-33-26(41)19-11-10-18(16-22(19)37(45)46)31-27(42)21-8-7-15-35(21)28(43)20(17-51(47,48)49)32-23(38)9-5-4-6-14-36-24(39)12-13-25(36)40/h10-13,16,20-21H,4-9,14-15,17H2,1-3H3,(H,31,42)(H,32,38)(H,33,41)(H,34,44)(H,47,48,49)/t20?,21-/m0/s1. The molecule has 1 fully saturated rings. The maximum atomic E-state index is 13.5. The number of nitro benzene ring substituents is 1. The second kappa shape index (κ2) is 17.0. The maximum Gasteiger partial charge on any atom is 0.426 e. The minimum atomic E-state index is -4.78. The number of rotatable bonds is 14. The molecule has 0 bridgehead atoms. The number of hydrogen-bond acceptors (Lipinski definition) is 12. The molecule has 2 heterocycles. The molecule has 278 valence electrons. The Labute approximate surface area is 292 Å². The zero-order valence-electron chi connectivity index (χ0n) is 28.0. The number of nitrogens with one attached hydrogen (secondary N) is 4. The number of nitro groups is 1. The number of anilines is 1. The molecule has 7 amide bonds. The number of nitrogens with zero attached hydrogens (tertiary/aromatic N) is 3. The number of carbonyl (C=O) groups excluding carboxylic acids is 7. The molecule has 20 nitrogen and oxygen atoms in total. The Balaban J connectivity index is 1.63. The van der Waals surface area contributed by atoms with Gasteiger partial charge in [0.05, 0.1) is 4.92 Å². The Morgan fingerprint density at radius 1 is 1.06 bits per heavy atom. The lowest BCUT2D eigenvalue weighted by molar-refractivity contribution is -0.385. The topological polar surface area (TPSA) is 281 Å². The van der Waals surface area contributed by atoms with Crippen molar-refractivity contribution >= 4 is 63.0 Å². The lowest BCUT2D eigenvalue weighted by Crippen LogP contribution is -2.54. The molecular formula is C30H39N7O13S. The van der Waals surface area contributed by atoms with Crippen molar-refractivity contribution in [1.82, 2.24) is 26.0 Å². The summed E-state index contributed by atoms with van der Waals surface area (Å²) in [7, 11) is -4.78. The number of unbranched alkanes of at least 4 members (excludes halogenated alkanes) is 2. The molecule has 21 heteroatoms. The molecule has 0 aromatic heterocycles. The zero-order valence-corrected chi connectivity index (χ0v) is 28.8. The molecule has 2 aliphatic heterocycles. The fourth-order valence-electron chi connectivity index (χ4n) is 5.20. The number of hydrazine groups is 1. The van der Waals surface area contributed by atoms with Crippen molar-refractivity contribution in [1.29, 1.82) is 0 Å². The van der Waals surface area contributed by atoms with E-state index >= 15 is 0 Å². The van der Waals surface area contributed by atoms with Gasteiger partial charge >= 0.3 is 6.09 Å². The minimum absolute atomic E-state index is 0.0124. The van der Waals surface area contributed by atoms with Crippen LogP contribution >= 0.6 is 0 Å². The van der Waals surface area contributed by atoms with E-state index in [1.54, 1.807) is 20.8 Å². The van der Waals surface area contributed by atoms with Crippen LogP contribution < -0.4 is 21.5 Å². The van der Waals surface area contributed by atoms with Crippen molar-refractivity contribution in [2.24, 2.45) is 0 Å². The van der Waals surface area contributed by atoms with Gasteiger partial charge in [-0.1, -0.05) is 6.42 Å². The third kappa shape index (κ3) is 12.1. The van der Waals surface area contributed by atoms with E-state index in [4.69, 9.17) is 4.74 Å². The van der Waals surface area contributed by atoms with Gasteiger partial charge in [0.25, 0.3) is 33.5 Å². The van der Waals surface area contributed by atoms with Crippen LogP contribution in [0.5, 0.6) is 0 Å². The van der Waals surface area contributed by atoms with Crippen molar-refractivity contribution in [2.45, 2.75) is 77.0 Å². The largest absolute Gasteiger partial charge is 0.443 e. The van der Waals surface area contributed by atoms with Gasteiger partial charge in [0.15, 0.2) is 0 Å². The maximum absolute atomic E-state index is 13.5. The van der Waals surface area contributed by atoms with E-state index in [0.717, 1.165) is 34.1 Å². The fraction of sp³-hybridized carbons (Fsp3) is 0.500. The number of ether oxygens (including phenoxy) is 1. The molecule has 1 aromatic rings. The van der Waals surface area contributed by atoms with Gasteiger partial charge in [-0.25, -0.2) is 10.2 Å². The van der Waals surface area contributed by atoms with Crippen LogP contribution in [-0.2, 0) is 38.8 Å². The molecule has 0 aliphatic carbocycles. The van der Waals surface area contributed by atoms with Crippen molar-refractivity contribution in [3.8, 4) is 0 Å². The molecule has 51 heavy (non-hydrogen) atoms. The first-order valence-electron chi connectivity index (χ1n) is 15.7. The second-order valence-corrected chi connectivity index (χ2v) is 14.1. The smallest absolute Gasteiger partial charge is 0.426 e. The van der Waals surface area contributed by atoms with E-state index < -0.39 is 91.3 Å². The first-order valence-corrected chi connectivity index (χ1v) is 17.3. The molecule has 2 aliphatic rings. The van der Waals surface area contributed by atoms with E-state index in [2.05, 4.69) is 10.6 Å². The number of benzene rings is 1. The highest BCUT2D eigenvalue weighted by Crippen LogP contribution is 2.26. The summed E-state index contributed by atoms with van der Waals surface area (Å²) in [6.07, 6.45) is 2.64. The number of imide groups is 1. The normalized spacial score (nSPS) is 16.4. The molecule has 2 atom stereocenters. The monoisotopic (exact) mass is 737 g/mol. The summed E-state index contributed by atoms with van der Waals surface area (Å²) in [5, 5.41) is 16.5. The molecule has 0 spiro atoms. The van der Waals surface area contributed by atoms with E-state index in [-0.39, 0.29) is 38.0 Å². The minimum Gasteiger partial charge on any atom is -0.443 e. The predicted octanol–water partition coefficient (Wildman–Crippen LogP) is 0.552. The van der Waals surface area contributed by atoms with Gasteiger partial charge in [-0.2, -0.15) is 8.42 Å². The van der Waals surface area contributed by atoms with E-state index in [9.17, 15) is 56.6 Å². The summed E-state index contributed by atoms with van der Waals surface area (Å²) in [4.78, 5) is 100.0. The van der Waals surface area contributed by atoms with Crippen molar-refractivity contribution in [2.75, 3.05) is 24.2 Å². The molecule has 3 rings (SSSR count). The predicted molar refractivity (Wildman–Crippen MR) is 176 cm³/mol. The number of amides is 7.